The third kappa shape index (κ3) is 4.77. The van der Waals surface area contributed by atoms with Crippen molar-refractivity contribution in [1.82, 2.24) is 9.80 Å². The van der Waals surface area contributed by atoms with E-state index in [-0.39, 0.29) is 25.4 Å². The Morgan fingerprint density at radius 2 is 1.83 bits per heavy atom. The Balaban J connectivity index is 2.06. The zero-order valence-corrected chi connectivity index (χ0v) is 13.6. The van der Waals surface area contributed by atoms with E-state index in [0.717, 1.165) is 5.56 Å². The zero-order chi connectivity index (χ0) is 16.8. The van der Waals surface area contributed by atoms with Gasteiger partial charge in [0, 0.05) is 26.2 Å². The second-order valence-corrected chi connectivity index (χ2v) is 5.90. The van der Waals surface area contributed by atoms with Crippen LogP contribution in [0.25, 0.3) is 0 Å². The van der Waals surface area contributed by atoms with Crippen LogP contribution in [0.5, 0.6) is 0 Å². The first kappa shape index (κ1) is 17.4. The van der Waals surface area contributed by atoms with Crippen LogP contribution in [0.3, 0.4) is 0 Å². The van der Waals surface area contributed by atoms with Crippen LogP contribution in [-0.4, -0.2) is 65.2 Å². The summed E-state index contributed by atoms with van der Waals surface area (Å²) in [7, 11) is 0. The van der Waals surface area contributed by atoms with Gasteiger partial charge in [0.15, 0.2) is 0 Å². The summed E-state index contributed by atoms with van der Waals surface area (Å²) in [6, 6.07) is 9.43. The number of carbonyl (C=O) groups is 2. The van der Waals surface area contributed by atoms with E-state index >= 15 is 0 Å². The fourth-order valence-electron chi connectivity index (χ4n) is 2.79. The maximum atomic E-state index is 12.5. The molecule has 0 spiro atoms. The average molecular weight is 320 g/mol. The molecule has 1 aromatic rings. The quantitative estimate of drug-likeness (QED) is 0.827. The molecule has 0 aromatic heterocycles. The van der Waals surface area contributed by atoms with E-state index in [1.54, 1.807) is 0 Å². The number of rotatable bonds is 4. The Kier molecular flexibility index (Phi) is 6.12. The largest absolute Gasteiger partial charge is 0.395 e. The predicted octanol–water partition coefficient (Wildman–Crippen LogP) is 0.643. The molecule has 23 heavy (non-hydrogen) atoms. The van der Waals surface area contributed by atoms with E-state index in [9.17, 15) is 14.7 Å². The second-order valence-electron chi connectivity index (χ2n) is 5.90. The van der Waals surface area contributed by atoms with Crippen LogP contribution in [0.15, 0.2) is 30.3 Å². The topological polar surface area (TPSA) is 70.1 Å². The summed E-state index contributed by atoms with van der Waals surface area (Å²) in [4.78, 5) is 28.0. The molecule has 2 unspecified atom stereocenters. The predicted molar refractivity (Wildman–Crippen MR) is 85.5 cm³/mol. The molecule has 0 bridgehead atoms. The lowest BCUT2D eigenvalue weighted by molar-refractivity contribution is -0.158. The molecule has 126 valence electrons. The van der Waals surface area contributed by atoms with Gasteiger partial charge in [0.2, 0.25) is 0 Å². The molecule has 1 saturated heterocycles. The highest BCUT2D eigenvalue weighted by atomic mass is 16.5. The second kappa shape index (κ2) is 8.08. The van der Waals surface area contributed by atoms with Crippen molar-refractivity contribution in [2.45, 2.75) is 32.6 Å². The fraction of sp³-hybridized carbons (Fsp3) is 0.529. The van der Waals surface area contributed by atoms with Crippen molar-refractivity contribution in [3.63, 3.8) is 0 Å². The third-order valence-corrected chi connectivity index (χ3v) is 3.76. The Hall–Kier alpha value is -1.92. The summed E-state index contributed by atoms with van der Waals surface area (Å²) in [5, 5.41) is 9.20. The molecule has 1 aliphatic rings. The minimum atomic E-state index is -0.579. The Bertz CT molecular complexity index is 525. The van der Waals surface area contributed by atoms with Crippen LogP contribution in [0.2, 0.25) is 0 Å². The summed E-state index contributed by atoms with van der Waals surface area (Å²) in [6.07, 6.45) is -0.174. The van der Waals surface area contributed by atoms with Gasteiger partial charge in [-0.3, -0.25) is 9.59 Å². The molecule has 0 radical (unpaired) electrons. The van der Waals surface area contributed by atoms with Crippen molar-refractivity contribution >= 4 is 11.8 Å². The van der Waals surface area contributed by atoms with Crippen LogP contribution in [0, 0.1) is 0 Å². The number of hydrogen-bond donors (Lipinski definition) is 1. The van der Waals surface area contributed by atoms with Crippen molar-refractivity contribution in [3.8, 4) is 0 Å². The lowest BCUT2D eigenvalue weighted by atomic mass is 10.2. The molecule has 1 N–H and O–H groups in total. The summed E-state index contributed by atoms with van der Waals surface area (Å²) in [5.41, 5.74) is 0.922. The van der Waals surface area contributed by atoms with Crippen LogP contribution in [0.1, 0.15) is 19.4 Å². The minimum absolute atomic E-state index is 0.0871. The first-order valence-electron chi connectivity index (χ1n) is 7.89. The highest BCUT2D eigenvalue weighted by Gasteiger charge is 2.32. The van der Waals surface area contributed by atoms with Crippen molar-refractivity contribution < 1.29 is 19.4 Å². The van der Waals surface area contributed by atoms with Crippen molar-refractivity contribution in [3.05, 3.63) is 35.9 Å². The van der Waals surface area contributed by atoms with Gasteiger partial charge in [-0.1, -0.05) is 30.3 Å². The first-order valence-corrected chi connectivity index (χ1v) is 7.89. The number of amides is 2. The van der Waals surface area contributed by atoms with E-state index in [4.69, 9.17) is 4.74 Å². The molecular weight excluding hydrogens is 296 g/mol. The van der Waals surface area contributed by atoms with Crippen LogP contribution in [0.4, 0.5) is 0 Å². The normalized spacial score (nSPS) is 21.1. The van der Waals surface area contributed by atoms with Gasteiger partial charge < -0.3 is 19.6 Å². The molecule has 2 amide bonds. The Morgan fingerprint density at radius 3 is 2.39 bits per heavy atom. The van der Waals surface area contributed by atoms with Crippen LogP contribution >= 0.6 is 0 Å². The maximum absolute atomic E-state index is 12.5. The minimum Gasteiger partial charge on any atom is -0.395 e. The summed E-state index contributed by atoms with van der Waals surface area (Å²) < 4.78 is 5.59. The molecule has 1 fully saturated rings. The van der Waals surface area contributed by atoms with Gasteiger partial charge in [0.1, 0.15) is 0 Å². The van der Waals surface area contributed by atoms with Gasteiger partial charge in [-0.05, 0) is 19.4 Å². The van der Waals surface area contributed by atoms with E-state index in [1.807, 2.05) is 44.2 Å². The molecular formula is C17H24N2O4. The highest BCUT2D eigenvalue weighted by molar-refractivity contribution is 6.34. The lowest BCUT2D eigenvalue weighted by Crippen LogP contribution is -2.53. The number of morpholine rings is 1. The Morgan fingerprint density at radius 1 is 1.22 bits per heavy atom. The van der Waals surface area contributed by atoms with Gasteiger partial charge in [0.25, 0.3) is 0 Å². The molecule has 1 heterocycles. The fourth-order valence-corrected chi connectivity index (χ4v) is 2.79. The number of aliphatic hydroxyl groups excluding tert-OH is 1. The van der Waals surface area contributed by atoms with E-state index in [0.29, 0.717) is 19.6 Å². The summed E-state index contributed by atoms with van der Waals surface area (Å²) in [5.74, 6) is -1.11. The highest BCUT2D eigenvalue weighted by Crippen LogP contribution is 2.12. The molecule has 6 heteroatoms. The van der Waals surface area contributed by atoms with Gasteiger partial charge in [-0.2, -0.15) is 0 Å². The molecule has 2 rings (SSSR count). The number of aliphatic hydroxyl groups is 1. The van der Waals surface area contributed by atoms with Crippen molar-refractivity contribution in [2.75, 3.05) is 26.2 Å². The molecule has 6 nitrogen and oxygen atoms in total. The average Bonchev–Trinajstić information content (AvgIpc) is 2.53. The molecule has 0 saturated carbocycles. The number of benzene rings is 1. The zero-order valence-electron chi connectivity index (χ0n) is 13.6. The molecule has 1 aromatic carbocycles. The number of ether oxygens (including phenoxy) is 1. The number of nitrogens with zero attached hydrogens (tertiary/aromatic N) is 2. The van der Waals surface area contributed by atoms with E-state index in [1.165, 1.54) is 9.80 Å². The maximum Gasteiger partial charge on any atom is 0.312 e. The summed E-state index contributed by atoms with van der Waals surface area (Å²) >= 11 is 0. The molecule has 0 aliphatic carbocycles. The van der Waals surface area contributed by atoms with Gasteiger partial charge in [-0.15, -0.1) is 0 Å². The monoisotopic (exact) mass is 320 g/mol. The first-order chi connectivity index (χ1) is 11.0. The molecule has 1 aliphatic heterocycles. The van der Waals surface area contributed by atoms with Gasteiger partial charge in [-0.25, -0.2) is 0 Å². The standard InChI is InChI=1S/C17H24N2O4/c1-13-10-19(11-14(2)23-13)17(22)16(21)18(8-9-20)12-15-6-4-3-5-7-15/h3-7,13-14,20H,8-12H2,1-2H3. The van der Waals surface area contributed by atoms with Gasteiger partial charge in [0.05, 0.1) is 18.8 Å². The third-order valence-electron chi connectivity index (χ3n) is 3.76. The van der Waals surface area contributed by atoms with Crippen LogP contribution in [-0.2, 0) is 20.9 Å². The number of hydrogen-bond acceptors (Lipinski definition) is 4. The Labute approximate surface area is 136 Å². The smallest absolute Gasteiger partial charge is 0.312 e. The number of carbonyl (C=O) groups excluding carboxylic acids is 2. The summed E-state index contributed by atoms with van der Waals surface area (Å²) in [6.45, 7) is 4.85. The van der Waals surface area contributed by atoms with Crippen molar-refractivity contribution in [2.24, 2.45) is 0 Å². The molecule has 2 atom stereocenters. The van der Waals surface area contributed by atoms with Crippen LogP contribution < -0.4 is 0 Å². The SMILES string of the molecule is CC1CN(C(=O)C(=O)N(CCO)Cc2ccccc2)CC(C)O1. The van der Waals surface area contributed by atoms with E-state index in [2.05, 4.69) is 0 Å². The lowest BCUT2D eigenvalue weighted by Gasteiger charge is -2.35. The van der Waals surface area contributed by atoms with E-state index < -0.39 is 11.8 Å². The van der Waals surface area contributed by atoms with Crippen molar-refractivity contribution in [1.29, 1.82) is 0 Å². The van der Waals surface area contributed by atoms with Gasteiger partial charge >= 0.3 is 11.8 Å².